The minimum absolute atomic E-state index is 0.0680. The van der Waals surface area contributed by atoms with Gasteiger partial charge in [-0.15, -0.1) is 0 Å². The number of nitrogens with zero attached hydrogens (tertiary/aromatic N) is 1. The molecule has 116 valence electrons. The van der Waals surface area contributed by atoms with E-state index in [1.165, 1.54) is 11.1 Å². The number of benzene rings is 1. The average molecular weight is 290 g/mol. The zero-order valence-corrected chi connectivity index (χ0v) is 13.2. The number of carbonyl (C=O) groups excluding carboxylic acids is 1. The van der Waals surface area contributed by atoms with Gasteiger partial charge in [0.15, 0.2) is 5.96 Å². The summed E-state index contributed by atoms with van der Waals surface area (Å²) in [5.41, 5.74) is 2.45. The Kier molecular flexibility index (Phi) is 7.94. The molecule has 0 saturated heterocycles. The third-order valence-electron chi connectivity index (χ3n) is 2.98. The summed E-state index contributed by atoms with van der Waals surface area (Å²) in [6.07, 6.45) is 1.41. The van der Waals surface area contributed by atoms with Crippen LogP contribution in [0.25, 0.3) is 0 Å². The van der Waals surface area contributed by atoms with Crippen molar-refractivity contribution in [3.05, 3.63) is 35.4 Å². The smallest absolute Gasteiger partial charge is 0.221 e. The highest BCUT2D eigenvalue weighted by atomic mass is 16.1. The molecule has 1 aromatic carbocycles. The van der Waals surface area contributed by atoms with Crippen molar-refractivity contribution >= 4 is 11.9 Å². The Bertz CT molecular complexity index is 471. The van der Waals surface area contributed by atoms with E-state index in [0.717, 1.165) is 13.0 Å². The molecule has 0 bridgehead atoms. The number of hydrogen-bond donors (Lipinski definition) is 3. The van der Waals surface area contributed by atoms with Gasteiger partial charge in [-0.05, 0) is 18.9 Å². The van der Waals surface area contributed by atoms with Crippen molar-refractivity contribution in [1.29, 1.82) is 0 Å². The summed E-state index contributed by atoms with van der Waals surface area (Å²) in [5, 5.41) is 9.23. The Morgan fingerprint density at radius 3 is 2.67 bits per heavy atom. The summed E-state index contributed by atoms with van der Waals surface area (Å²) < 4.78 is 0. The van der Waals surface area contributed by atoms with E-state index in [1.54, 1.807) is 7.05 Å². The third-order valence-corrected chi connectivity index (χ3v) is 2.98. The average Bonchev–Trinajstić information content (AvgIpc) is 2.48. The number of carbonyl (C=O) groups is 1. The van der Waals surface area contributed by atoms with Crippen LogP contribution in [0.3, 0.4) is 0 Å². The van der Waals surface area contributed by atoms with Gasteiger partial charge in [0.05, 0.1) is 0 Å². The van der Waals surface area contributed by atoms with E-state index in [0.29, 0.717) is 25.5 Å². The van der Waals surface area contributed by atoms with Gasteiger partial charge in [-0.1, -0.05) is 36.8 Å². The van der Waals surface area contributed by atoms with Crippen molar-refractivity contribution < 1.29 is 4.79 Å². The van der Waals surface area contributed by atoms with Crippen LogP contribution in [0.1, 0.15) is 30.9 Å². The molecule has 0 radical (unpaired) electrons. The maximum Gasteiger partial charge on any atom is 0.221 e. The number of hydrogen-bond acceptors (Lipinski definition) is 2. The molecule has 0 atom stereocenters. The lowest BCUT2D eigenvalue weighted by Crippen LogP contribution is -2.39. The molecular formula is C16H26N4O. The molecular weight excluding hydrogens is 264 g/mol. The highest BCUT2D eigenvalue weighted by Crippen LogP contribution is 2.02. The van der Waals surface area contributed by atoms with Gasteiger partial charge in [0.1, 0.15) is 0 Å². The molecule has 5 nitrogen and oxygen atoms in total. The van der Waals surface area contributed by atoms with Gasteiger partial charge in [-0.25, -0.2) is 0 Å². The van der Waals surface area contributed by atoms with Crippen LogP contribution in [0.2, 0.25) is 0 Å². The van der Waals surface area contributed by atoms with Gasteiger partial charge in [-0.3, -0.25) is 9.79 Å². The summed E-state index contributed by atoms with van der Waals surface area (Å²) in [6, 6.07) is 8.33. The molecule has 5 heteroatoms. The first-order chi connectivity index (χ1) is 10.2. The van der Waals surface area contributed by atoms with Crippen LogP contribution in [-0.4, -0.2) is 32.0 Å². The zero-order valence-electron chi connectivity index (χ0n) is 13.2. The van der Waals surface area contributed by atoms with Crippen LogP contribution in [0.4, 0.5) is 0 Å². The highest BCUT2D eigenvalue weighted by molar-refractivity contribution is 5.81. The molecule has 0 aliphatic rings. The number of nitrogens with one attached hydrogen (secondary N) is 3. The normalized spacial score (nSPS) is 11.1. The quantitative estimate of drug-likeness (QED) is 0.527. The third kappa shape index (κ3) is 7.34. The highest BCUT2D eigenvalue weighted by Gasteiger charge is 2.02. The lowest BCUT2D eigenvalue weighted by Gasteiger charge is -2.12. The first-order valence-corrected chi connectivity index (χ1v) is 7.42. The minimum Gasteiger partial charge on any atom is -0.356 e. The minimum atomic E-state index is 0.0680. The van der Waals surface area contributed by atoms with Crippen molar-refractivity contribution in [3.8, 4) is 0 Å². The molecule has 0 aliphatic heterocycles. The fourth-order valence-electron chi connectivity index (χ4n) is 1.88. The monoisotopic (exact) mass is 290 g/mol. The predicted molar refractivity (Wildman–Crippen MR) is 87.3 cm³/mol. The lowest BCUT2D eigenvalue weighted by atomic mass is 10.1. The number of guanidine groups is 1. The fraction of sp³-hybridized carbons (Fsp3) is 0.500. The first-order valence-electron chi connectivity index (χ1n) is 7.42. The number of aryl methyl sites for hydroxylation is 1. The Hall–Kier alpha value is -2.04. The second-order valence-electron chi connectivity index (χ2n) is 4.94. The summed E-state index contributed by atoms with van der Waals surface area (Å²) >= 11 is 0. The molecule has 0 unspecified atom stereocenters. The number of amides is 1. The van der Waals surface area contributed by atoms with Gasteiger partial charge >= 0.3 is 0 Å². The summed E-state index contributed by atoms with van der Waals surface area (Å²) in [7, 11) is 1.72. The second kappa shape index (κ2) is 9.80. The molecule has 0 heterocycles. The first kappa shape index (κ1) is 17.0. The Morgan fingerprint density at radius 1 is 1.19 bits per heavy atom. The predicted octanol–water partition coefficient (Wildman–Crippen LogP) is 1.58. The maximum absolute atomic E-state index is 11.5. The number of aliphatic imine (C=N–C) groups is 1. The van der Waals surface area contributed by atoms with Gasteiger partial charge in [-0.2, -0.15) is 0 Å². The van der Waals surface area contributed by atoms with E-state index in [-0.39, 0.29) is 5.91 Å². The van der Waals surface area contributed by atoms with Crippen LogP contribution in [0.15, 0.2) is 29.3 Å². The van der Waals surface area contributed by atoms with Crippen molar-refractivity contribution in [3.63, 3.8) is 0 Å². The molecule has 1 rings (SSSR count). The Labute approximate surface area is 127 Å². The van der Waals surface area contributed by atoms with E-state index in [4.69, 9.17) is 0 Å². The van der Waals surface area contributed by atoms with Gasteiger partial charge in [0.2, 0.25) is 5.91 Å². The topological polar surface area (TPSA) is 65.5 Å². The Morgan fingerprint density at radius 2 is 2.00 bits per heavy atom. The number of rotatable bonds is 7. The molecule has 0 aromatic heterocycles. The maximum atomic E-state index is 11.5. The lowest BCUT2D eigenvalue weighted by molar-refractivity contribution is -0.120. The van der Waals surface area contributed by atoms with E-state index in [2.05, 4.69) is 46.1 Å². The largest absolute Gasteiger partial charge is 0.356 e. The van der Waals surface area contributed by atoms with E-state index >= 15 is 0 Å². The van der Waals surface area contributed by atoms with Crippen LogP contribution >= 0.6 is 0 Å². The summed E-state index contributed by atoms with van der Waals surface area (Å²) in [5.74, 6) is 0.776. The van der Waals surface area contributed by atoms with Crippen LogP contribution in [0.5, 0.6) is 0 Å². The molecule has 0 aliphatic carbocycles. The molecule has 0 fully saturated rings. The second-order valence-corrected chi connectivity index (χ2v) is 4.94. The van der Waals surface area contributed by atoms with Crippen LogP contribution in [-0.2, 0) is 11.3 Å². The molecule has 1 amide bonds. The van der Waals surface area contributed by atoms with Crippen LogP contribution < -0.4 is 16.0 Å². The SMILES string of the molecule is CCCNC(=O)CCNC(=NC)NCc1cccc(C)c1. The summed E-state index contributed by atoms with van der Waals surface area (Å²) in [6.45, 7) is 6.13. The summed E-state index contributed by atoms with van der Waals surface area (Å²) in [4.78, 5) is 15.6. The molecule has 0 spiro atoms. The van der Waals surface area contributed by atoms with Crippen molar-refractivity contribution in [2.45, 2.75) is 33.2 Å². The van der Waals surface area contributed by atoms with E-state index in [1.807, 2.05) is 13.0 Å². The molecule has 1 aromatic rings. The fourth-order valence-corrected chi connectivity index (χ4v) is 1.88. The van der Waals surface area contributed by atoms with Gasteiger partial charge in [0, 0.05) is 33.1 Å². The van der Waals surface area contributed by atoms with E-state index in [9.17, 15) is 4.79 Å². The van der Waals surface area contributed by atoms with Gasteiger partial charge < -0.3 is 16.0 Å². The standard InChI is InChI=1S/C16H26N4O/c1-4-9-18-15(21)8-10-19-16(17-3)20-12-14-7-5-6-13(2)11-14/h5-7,11H,4,8-10,12H2,1-3H3,(H,18,21)(H2,17,19,20). The van der Waals surface area contributed by atoms with Gasteiger partial charge in [0.25, 0.3) is 0 Å². The van der Waals surface area contributed by atoms with E-state index < -0.39 is 0 Å². The van der Waals surface area contributed by atoms with Crippen LogP contribution in [0, 0.1) is 6.92 Å². The molecule has 0 saturated carbocycles. The molecule has 21 heavy (non-hydrogen) atoms. The van der Waals surface area contributed by atoms with Crippen molar-refractivity contribution in [1.82, 2.24) is 16.0 Å². The molecule has 3 N–H and O–H groups in total. The van der Waals surface area contributed by atoms with Crippen molar-refractivity contribution in [2.75, 3.05) is 20.1 Å². The van der Waals surface area contributed by atoms with Crippen molar-refractivity contribution in [2.24, 2.45) is 4.99 Å². The zero-order chi connectivity index (χ0) is 15.5. The Balaban J connectivity index is 2.28.